The standard InChI is InChI=1S/C28H17F6NO2S/c29-27(30,31)19-11-16(12-20(13-19)28(32,33)34)14-35-23-21(17-7-3-1-4-8-17)15-38-25(23)22(24(35)26(36)37)18-9-5-2-6-10-18/h1-13,15H,14H2,(H,36,37). The monoisotopic (exact) mass is 545 g/mol. The molecule has 5 aromatic rings. The maximum atomic E-state index is 13.5. The summed E-state index contributed by atoms with van der Waals surface area (Å²) in [4.78, 5) is 12.6. The minimum atomic E-state index is -5.02. The van der Waals surface area contributed by atoms with Crippen LogP contribution in [0, 0.1) is 0 Å². The highest BCUT2D eigenvalue weighted by atomic mass is 32.1. The number of carboxylic acids is 1. The van der Waals surface area contributed by atoms with Gasteiger partial charge in [0.2, 0.25) is 0 Å². The third kappa shape index (κ3) is 4.67. The predicted octanol–water partition coefficient (Wildman–Crippen LogP) is 8.82. The highest BCUT2D eigenvalue weighted by molar-refractivity contribution is 7.18. The molecule has 38 heavy (non-hydrogen) atoms. The summed E-state index contributed by atoms with van der Waals surface area (Å²) < 4.78 is 83.0. The van der Waals surface area contributed by atoms with Gasteiger partial charge in [0.15, 0.2) is 0 Å². The lowest BCUT2D eigenvalue weighted by Gasteiger charge is -2.16. The maximum absolute atomic E-state index is 13.5. The van der Waals surface area contributed by atoms with E-state index in [2.05, 4.69) is 0 Å². The fourth-order valence-electron chi connectivity index (χ4n) is 4.52. The van der Waals surface area contributed by atoms with Crippen molar-refractivity contribution in [1.29, 1.82) is 0 Å². The molecule has 5 rings (SSSR count). The molecule has 3 nitrogen and oxygen atoms in total. The molecule has 0 radical (unpaired) electrons. The molecule has 1 N–H and O–H groups in total. The van der Waals surface area contributed by atoms with E-state index in [0.29, 0.717) is 39.0 Å². The summed E-state index contributed by atoms with van der Waals surface area (Å²) in [6, 6.07) is 18.9. The van der Waals surface area contributed by atoms with Crippen molar-refractivity contribution in [2.45, 2.75) is 18.9 Å². The van der Waals surface area contributed by atoms with E-state index in [1.165, 1.54) is 15.9 Å². The molecule has 10 heteroatoms. The summed E-state index contributed by atoms with van der Waals surface area (Å²) in [5, 5.41) is 12.1. The second-order valence-corrected chi connectivity index (χ2v) is 9.47. The van der Waals surface area contributed by atoms with Crippen molar-refractivity contribution in [3.8, 4) is 22.3 Å². The normalized spacial score (nSPS) is 12.3. The number of benzene rings is 3. The Morgan fingerprint density at radius 1 is 0.789 bits per heavy atom. The largest absolute Gasteiger partial charge is 0.477 e. The molecule has 0 atom stereocenters. The molecule has 0 aliphatic rings. The summed E-state index contributed by atoms with van der Waals surface area (Å²) in [5.41, 5.74) is -0.772. The zero-order valence-electron chi connectivity index (χ0n) is 19.3. The van der Waals surface area contributed by atoms with Gasteiger partial charge in [-0.15, -0.1) is 11.3 Å². The van der Waals surface area contributed by atoms with Gasteiger partial charge in [0.1, 0.15) is 5.69 Å². The Kier molecular flexibility index (Phi) is 6.30. The Bertz CT molecular complexity index is 1600. The average molecular weight is 546 g/mol. The molecule has 0 bridgehead atoms. The minimum Gasteiger partial charge on any atom is -0.477 e. The molecular weight excluding hydrogens is 528 g/mol. The molecular formula is C28H17F6NO2S. The van der Waals surface area contributed by atoms with Crippen molar-refractivity contribution in [2.24, 2.45) is 0 Å². The van der Waals surface area contributed by atoms with Gasteiger partial charge >= 0.3 is 18.3 Å². The van der Waals surface area contributed by atoms with Crippen LogP contribution in [0.5, 0.6) is 0 Å². The summed E-state index contributed by atoms with van der Waals surface area (Å²) in [7, 11) is 0. The van der Waals surface area contributed by atoms with Crippen LogP contribution in [0.15, 0.2) is 84.2 Å². The van der Waals surface area contributed by atoms with Gasteiger partial charge in [-0.3, -0.25) is 0 Å². The smallest absolute Gasteiger partial charge is 0.416 e. The maximum Gasteiger partial charge on any atom is 0.416 e. The van der Waals surface area contributed by atoms with E-state index in [1.807, 2.05) is 5.38 Å². The van der Waals surface area contributed by atoms with Gasteiger partial charge in [0.05, 0.1) is 21.3 Å². The Morgan fingerprint density at radius 2 is 1.32 bits per heavy atom. The molecule has 0 fully saturated rings. The first-order chi connectivity index (χ1) is 17.9. The number of fused-ring (bicyclic) bond motifs is 1. The van der Waals surface area contributed by atoms with E-state index in [9.17, 15) is 36.2 Å². The number of alkyl halides is 6. The van der Waals surface area contributed by atoms with Crippen LogP contribution < -0.4 is 0 Å². The van der Waals surface area contributed by atoms with E-state index in [4.69, 9.17) is 0 Å². The minimum absolute atomic E-state index is 0.0578. The van der Waals surface area contributed by atoms with E-state index < -0.39 is 36.0 Å². The van der Waals surface area contributed by atoms with Crippen molar-refractivity contribution in [3.63, 3.8) is 0 Å². The van der Waals surface area contributed by atoms with Crippen LogP contribution in [0.25, 0.3) is 32.5 Å². The Hall–Kier alpha value is -4.05. The number of aromatic carboxylic acids is 1. The highest BCUT2D eigenvalue weighted by Crippen LogP contribution is 2.45. The van der Waals surface area contributed by atoms with Crippen molar-refractivity contribution in [2.75, 3.05) is 0 Å². The number of carbonyl (C=O) groups is 1. The van der Waals surface area contributed by atoms with Crippen molar-refractivity contribution >= 4 is 27.5 Å². The molecule has 0 saturated carbocycles. The summed E-state index contributed by atoms with van der Waals surface area (Å²) in [6.45, 7) is -0.519. The van der Waals surface area contributed by atoms with Crippen LogP contribution in [0.2, 0.25) is 0 Å². The van der Waals surface area contributed by atoms with Gasteiger partial charge in [-0.05, 0) is 34.9 Å². The van der Waals surface area contributed by atoms with E-state index >= 15 is 0 Å². The molecule has 0 amide bonds. The predicted molar refractivity (Wildman–Crippen MR) is 133 cm³/mol. The topological polar surface area (TPSA) is 42.2 Å². The van der Waals surface area contributed by atoms with Crippen molar-refractivity contribution < 1.29 is 36.2 Å². The number of aromatic nitrogens is 1. The summed E-state index contributed by atoms with van der Waals surface area (Å²) in [6.07, 6.45) is -10.0. The van der Waals surface area contributed by atoms with Gasteiger partial charge in [-0.1, -0.05) is 60.7 Å². The SMILES string of the molecule is O=C(O)c1c(-c2ccccc2)c2scc(-c3ccccc3)c2n1Cc1cc(C(F)(F)F)cc(C(F)(F)F)c1. The van der Waals surface area contributed by atoms with Crippen LogP contribution in [0.4, 0.5) is 26.3 Å². The zero-order valence-corrected chi connectivity index (χ0v) is 20.1. The molecule has 194 valence electrons. The average Bonchev–Trinajstić information content (AvgIpc) is 3.43. The molecule has 0 aliphatic heterocycles. The lowest BCUT2D eigenvalue weighted by Crippen LogP contribution is -2.15. The quantitative estimate of drug-likeness (QED) is 0.224. The van der Waals surface area contributed by atoms with Gasteiger partial charge in [-0.2, -0.15) is 26.3 Å². The first-order valence-corrected chi connectivity index (χ1v) is 12.1. The van der Waals surface area contributed by atoms with Crippen LogP contribution >= 0.6 is 11.3 Å². The number of rotatable bonds is 5. The van der Waals surface area contributed by atoms with Gasteiger partial charge < -0.3 is 9.67 Å². The first-order valence-electron chi connectivity index (χ1n) is 11.2. The number of carboxylic acid groups (broad SMARTS) is 1. The first kappa shape index (κ1) is 25.6. The third-order valence-corrected chi connectivity index (χ3v) is 7.09. The van der Waals surface area contributed by atoms with E-state index in [1.54, 1.807) is 60.7 Å². The lowest BCUT2D eigenvalue weighted by atomic mass is 10.0. The Morgan fingerprint density at radius 3 is 1.82 bits per heavy atom. The molecule has 3 aromatic carbocycles. The molecule has 2 heterocycles. The fourth-order valence-corrected chi connectivity index (χ4v) is 5.67. The fraction of sp³-hybridized carbons (Fsp3) is 0.107. The van der Waals surface area contributed by atoms with Crippen LogP contribution in [0.1, 0.15) is 27.2 Å². The van der Waals surface area contributed by atoms with Crippen LogP contribution in [-0.4, -0.2) is 15.6 Å². The second kappa shape index (κ2) is 9.36. The number of thiophene rings is 1. The number of halogens is 6. The zero-order chi connectivity index (χ0) is 27.2. The lowest BCUT2D eigenvalue weighted by molar-refractivity contribution is -0.143. The summed E-state index contributed by atoms with van der Waals surface area (Å²) >= 11 is 1.26. The second-order valence-electron chi connectivity index (χ2n) is 8.59. The van der Waals surface area contributed by atoms with Gasteiger partial charge in [-0.25, -0.2) is 4.79 Å². The highest BCUT2D eigenvalue weighted by Gasteiger charge is 2.37. The van der Waals surface area contributed by atoms with Crippen molar-refractivity contribution in [1.82, 2.24) is 4.57 Å². The molecule has 0 aliphatic carbocycles. The number of hydrogen-bond donors (Lipinski definition) is 1. The van der Waals surface area contributed by atoms with Crippen LogP contribution in [0.3, 0.4) is 0 Å². The summed E-state index contributed by atoms with van der Waals surface area (Å²) in [5.74, 6) is -1.35. The molecule has 0 saturated heterocycles. The van der Waals surface area contributed by atoms with Gasteiger partial charge in [0, 0.05) is 23.1 Å². The van der Waals surface area contributed by atoms with E-state index in [-0.39, 0.29) is 17.3 Å². The number of nitrogens with zero attached hydrogens (tertiary/aromatic N) is 1. The third-order valence-electron chi connectivity index (χ3n) is 6.11. The Labute approximate surface area is 216 Å². The Balaban J connectivity index is 1.82. The molecule has 2 aromatic heterocycles. The van der Waals surface area contributed by atoms with E-state index in [0.717, 1.165) is 5.56 Å². The number of hydrogen-bond acceptors (Lipinski definition) is 2. The molecule has 0 unspecified atom stereocenters. The van der Waals surface area contributed by atoms with Gasteiger partial charge in [0.25, 0.3) is 0 Å². The van der Waals surface area contributed by atoms with Crippen LogP contribution in [-0.2, 0) is 18.9 Å². The molecule has 0 spiro atoms. The van der Waals surface area contributed by atoms with Crippen molar-refractivity contribution in [3.05, 3.63) is 107 Å².